The third kappa shape index (κ3) is 20.0. The first-order valence-electron chi connectivity index (χ1n) is 11.8. The van der Waals surface area contributed by atoms with Crippen LogP contribution in [0.4, 0.5) is 0 Å². The summed E-state index contributed by atoms with van der Waals surface area (Å²) in [6, 6.07) is 0. The number of aliphatic hydroxyl groups excluding tert-OH is 2. The molecular weight excluding hydrogens is 404 g/mol. The van der Waals surface area contributed by atoms with Gasteiger partial charge in [0.15, 0.2) is 6.10 Å². The van der Waals surface area contributed by atoms with Gasteiger partial charge in [0.05, 0.1) is 6.42 Å². The van der Waals surface area contributed by atoms with Crippen molar-refractivity contribution in [2.24, 2.45) is 0 Å². The van der Waals surface area contributed by atoms with Gasteiger partial charge in [0.1, 0.15) is 19.3 Å². The number of carboxylic acids is 1. The molecule has 0 aromatic heterocycles. The first-order chi connectivity index (χ1) is 14.9. The Balaban J connectivity index is 3.48. The van der Waals surface area contributed by atoms with E-state index in [2.05, 4.69) is 11.7 Å². The van der Waals surface area contributed by atoms with Crippen LogP contribution < -0.4 is 0 Å². The molecule has 8 nitrogen and oxygen atoms in total. The molecule has 31 heavy (non-hydrogen) atoms. The fourth-order valence-corrected chi connectivity index (χ4v) is 3.09. The van der Waals surface area contributed by atoms with Crippen LogP contribution in [0.25, 0.3) is 0 Å². The number of hydrogen-bond acceptors (Lipinski definition) is 7. The SMILES string of the molecule is CCCCCCCCCCCCCCCC(=O)OCC(O)COC(=O)CC(O)C(=O)O. The van der Waals surface area contributed by atoms with Crippen molar-refractivity contribution in [1.29, 1.82) is 0 Å². The summed E-state index contributed by atoms with van der Waals surface area (Å²) in [5.74, 6) is -2.89. The number of esters is 2. The first-order valence-corrected chi connectivity index (χ1v) is 11.8. The van der Waals surface area contributed by atoms with Crippen molar-refractivity contribution in [2.75, 3.05) is 13.2 Å². The van der Waals surface area contributed by atoms with E-state index in [1.54, 1.807) is 0 Å². The van der Waals surface area contributed by atoms with Crippen LogP contribution in [0.5, 0.6) is 0 Å². The van der Waals surface area contributed by atoms with E-state index in [0.29, 0.717) is 0 Å². The standard InChI is InChI=1S/C23H42O8/c1-2-3-4-5-6-7-8-9-10-11-12-13-14-15-21(26)30-17-19(24)18-31-22(27)16-20(25)23(28)29/h19-20,24-25H,2-18H2,1H3,(H,28,29). The highest BCUT2D eigenvalue weighted by molar-refractivity contribution is 5.80. The van der Waals surface area contributed by atoms with Gasteiger partial charge in [-0.05, 0) is 6.42 Å². The molecule has 0 aliphatic rings. The van der Waals surface area contributed by atoms with E-state index < -0.39 is 43.1 Å². The molecule has 0 aliphatic heterocycles. The molecule has 3 N–H and O–H groups in total. The van der Waals surface area contributed by atoms with Crippen molar-refractivity contribution < 1.29 is 39.2 Å². The maximum atomic E-state index is 11.7. The average molecular weight is 447 g/mol. The molecule has 0 fully saturated rings. The number of aliphatic carboxylic acids is 1. The predicted octanol–water partition coefficient (Wildman–Crippen LogP) is 3.75. The van der Waals surface area contributed by atoms with Crippen LogP contribution in [-0.2, 0) is 23.9 Å². The molecule has 0 rings (SSSR count). The highest BCUT2D eigenvalue weighted by atomic mass is 16.6. The number of ether oxygens (including phenoxy) is 2. The molecule has 2 unspecified atom stereocenters. The average Bonchev–Trinajstić information content (AvgIpc) is 2.73. The highest BCUT2D eigenvalue weighted by Gasteiger charge is 2.20. The lowest BCUT2D eigenvalue weighted by atomic mass is 10.0. The second-order valence-corrected chi connectivity index (χ2v) is 8.07. The van der Waals surface area contributed by atoms with E-state index in [4.69, 9.17) is 14.9 Å². The summed E-state index contributed by atoms with van der Waals surface area (Å²) < 4.78 is 9.57. The molecule has 8 heteroatoms. The Labute approximate surface area is 186 Å². The zero-order chi connectivity index (χ0) is 23.3. The molecule has 0 heterocycles. The Bertz CT molecular complexity index is 480. The maximum Gasteiger partial charge on any atom is 0.333 e. The number of rotatable bonds is 21. The molecule has 0 saturated carbocycles. The molecule has 2 atom stereocenters. The van der Waals surface area contributed by atoms with Crippen molar-refractivity contribution in [1.82, 2.24) is 0 Å². The monoisotopic (exact) mass is 446 g/mol. The largest absolute Gasteiger partial charge is 0.479 e. The van der Waals surface area contributed by atoms with E-state index >= 15 is 0 Å². The normalized spacial score (nSPS) is 12.9. The number of unbranched alkanes of at least 4 members (excludes halogenated alkanes) is 12. The van der Waals surface area contributed by atoms with E-state index in [0.717, 1.165) is 19.3 Å². The van der Waals surface area contributed by atoms with Gasteiger partial charge in [0.2, 0.25) is 0 Å². The molecule has 182 valence electrons. The number of carboxylic acid groups (broad SMARTS) is 1. The highest BCUT2D eigenvalue weighted by Crippen LogP contribution is 2.13. The van der Waals surface area contributed by atoms with Crippen LogP contribution in [0.3, 0.4) is 0 Å². The quantitative estimate of drug-likeness (QED) is 0.179. The van der Waals surface area contributed by atoms with Crippen LogP contribution >= 0.6 is 0 Å². The molecule has 0 saturated heterocycles. The van der Waals surface area contributed by atoms with Gasteiger partial charge in [-0.3, -0.25) is 9.59 Å². The van der Waals surface area contributed by atoms with E-state index in [9.17, 15) is 19.5 Å². The minimum Gasteiger partial charge on any atom is -0.479 e. The van der Waals surface area contributed by atoms with Crippen LogP contribution in [0.15, 0.2) is 0 Å². The molecule has 0 spiro atoms. The Morgan fingerprint density at radius 2 is 1.10 bits per heavy atom. The Kier molecular flexibility index (Phi) is 19.2. The lowest BCUT2D eigenvalue weighted by molar-refractivity contribution is -0.159. The van der Waals surface area contributed by atoms with Gasteiger partial charge in [-0.15, -0.1) is 0 Å². The number of carbonyl (C=O) groups excluding carboxylic acids is 2. The molecule has 0 bridgehead atoms. The molecule has 0 amide bonds. The third-order valence-electron chi connectivity index (χ3n) is 5.00. The summed E-state index contributed by atoms with van der Waals surface area (Å²) in [7, 11) is 0. The summed E-state index contributed by atoms with van der Waals surface area (Å²) in [4.78, 5) is 33.4. The third-order valence-corrected chi connectivity index (χ3v) is 5.00. The second-order valence-electron chi connectivity index (χ2n) is 8.07. The zero-order valence-electron chi connectivity index (χ0n) is 19.1. The topological polar surface area (TPSA) is 130 Å². The minimum absolute atomic E-state index is 0.287. The van der Waals surface area contributed by atoms with Crippen LogP contribution in [0, 0.1) is 0 Å². The van der Waals surface area contributed by atoms with Crippen molar-refractivity contribution >= 4 is 17.9 Å². The van der Waals surface area contributed by atoms with Crippen molar-refractivity contribution in [3.8, 4) is 0 Å². The summed E-state index contributed by atoms with van der Waals surface area (Å²) >= 11 is 0. The van der Waals surface area contributed by atoms with Gasteiger partial charge in [-0.25, -0.2) is 4.79 Å². The van der Waals surface area contributed by atoms with E-state index in [1.165, 1.54) is 64.2 Å². The summed E-state index contributed by atoms with van der Waals surface area (Å²) in [6.45, 7) is 1.50. The number of hydrogen-bond donors (Lipinski definition) is 3. The first kappa shape index (κ1) is 29.3. The van der Waals surface area contributed by atoms with E-state index in [-0.39, 0.29) is 13.0 Å². The number of aliphatic hydroxyl groups is 2. The van der Waals surface area contributed by atoms with Gasteiger partial charge in [-0.1, -0.05) is 84.0 Å². The van der Waals surface area contributed by atoms with E-state index in [1.807, 2.05) is 0 Å². The summed E-state index contributed by atoms with van der Waals surface area (Å²) in [5, 5.41) is 27.1. The molecule has 0 aromatic rings. The minimum atomic E-state index is -1.84. The Morgan fingerprint density at radius 1 is 0.677 bits per heavy atom. The lowest BCUT2D eigenvalue weighted by Gasteiger charge is -2.12. The van der Waals surface area contributed by atoms with Crippen molar-refractivity contribution in [2.45, 2.75) is 115 Å². The van der Waals surface area contributed by atoms with Crippen LogP contribution in [-0.4, -0.2) is 58.6 Å². The van der Waals surface area contributed by atoms with Gasteiger partial charge >= 0.3 is 17.9 Å². The van der Waals surface area contributed by atoms with Crippen LogP contribution in [0.1, 0.15) is 103 Å². The zero-order valence-corrected chi connectivity index (χ0v) is 19.1. The van der Waals surface area contributed by atoms with Gasteiger partial charge in [0.25, 0.3) is 0 Å². The van der Waals surface area contributed by atoms with Crippen molar-refractivity contribution in [3.63, 3.8) is 0 Å². The molecular formula is C23H42O8. The molecule has 0 aromatic carbocycles. The fourth-order valence-electron chi connectivity index (χ4n) is 3.09. The summed E-state index contributed by atoms with van der Waals surface area (Å²) in [6.07, 6.45) is 12.5. The Hall–Kier alpha value is -1.67. The Morgan fingerprint density at radius 3 is 1.55 bits per heavy atom. The fraction of sp³-hybridized carbons (Fsp3) is 0.870. The van der Waals surface area contributed by atoms with Crippen molar-refractivity contribution in [3.05, 3.63) is 0 Å². The van der Waals surface area contributed by atoms with Gasteiger partial charge < -0.3 is 24.8 Å². The second kappa shape index (κ2) is 20.2. The lowest BCUT2D eigenvalue weighted by Crippen LogP contribution is -2.28. The van der Waals surface area contributed by atoms with Crippen LogP contribution in [0.2, 0.25) is 0 Å². The smallest absolute Gasteiger partial charge is 0.333 e. The van der Waals surface area contributed by atoms with Gasteiger partial charge in [0, 0.05) is 6.42 Å². The number of carbonyl (C=O) groups is 3. The van der Waals surface area contributed by atoms with Gasteiger partial charge in [-0.2, -0.15) is 0 Å². The summed E-state index contributed by atoms with van der Waals surface area (Å²) in [5.41, 5.74) is 0. The molecule has 0 aliphatic carbocycles. The maximum absolute atomic E-state index is 11.7. The predicted molar refractivity (Wildman–Crippen MR) is 116 cm³/mol. The molecule has 0 radical (unpaired) electrons.